The Labute approximate surface area is 176 Å². The maximum atomic E-state index is 11.9. The minimum absolute atomic E-state index is 0.0566. The van der Waals surface area contributed by atoms with E-state index in [2.05, 4.69) is 10.3 Å². The standard InChI is InChI=1S/C14H19NO2.C9H8N2O2/c1-17-14(16)13(11-7-3-2-4-8-11)12-9-5-6-10-15-12;10-9-11-8(12)7(13-9)6-4-2-1-3-5-6/h2-4,7-8,12-13,15H,5-6,9-10H2,1H3;1-5,7H,(H2,10,11,12). The molecule has 0 bridgehead atoms. The maximum Gasteiger partial charge on any atom is 0.314 e. The minimum atomic E-state index is -0.652. The molecule has 7 nitrogen and oxygen atoms in total. The summed E-state index contributed by atoms with van der Waals surface area (Å²) in [7, 11) is 1.46. The third kappa shape index (κ3) is 5.45. The van der Waals surface area contributed by atoms with E-state index in [1.165, 1.54) is 20.0 Å². The van der Waals surface area contributed by atoms with E-state index in [9.17, 15) is 9.59 Å². The van der Waals surface area contributed by atoms with Gasteiger partial charge in [0.1, 0.15) is 0 Å². The third-order valence-corrected chi connectivity index (χ3v) is 5.15. The molecule has 0 spiro atoms. The Morgan fingerprint density at radius 1 is 1.13 bits per heavy atom. The van der Waals surface area contributed by atoms with Crippen LogP contribution in [0.3, 0.4) is 0 Å². The monoisotopic (exact) mass is 409 g/mol. The van der Waals surface area contributed by atoms with Crippen molar-refractivity contribution in [1.29, 1.82) is 0 Å². The fourth-order valence-electron chi connectivity index (χ4n) is 3.69. The van der Waals surface area contributed by atoms with Crippen LogP contribution in [0.5, 0.6) is 0 Å². The maximum absolute atomic E-state index is 11.9. The third-order valence-electron chi connectivity index (χ3n) is 5.15. The molecular formula is C23H27N3O4. The van der Waals surface area contributed by atoms with Gasteiger partial charge in [-0.3, -0.25) is 9.59 Å². The molecule has 0 aromatic heterocycles. The summed E-state index contributed by atoms with van der Waals surface area (Å²) in [5, 5.41) is 3.43. The summed E-state index contributed by atoms with van der Waals surface area (Å²) in [6.07, 6.45) is 2.76. The predicted molar refractivity (Wildman–Crippen MR) is 114 cm³/mol. The van der Waals surface area contributed by atoms with E-state index in [0.717, 1.165) is 24.1 Å². The van der Waals surface area contributed by atoms with E-state index < -0.39 is 6.10 Å². The van der Waals surface area contributed by atoms with Gasteiger partial charge in [0.05, 0.1) is 13.0 Å². The van der Waals surface area contributed by atoms with Crippen molar-refractivity contribution < 1.29 is 19.1 Å². The van der Waals surface area contributed by atoms with Crippen LogP contribution in [0.15, 0.2) is 65.7 Å². The van der Waals surface area contributed by atoms with Crippen LogP contribution < -0.4 is 11.1 Å². The van der Waals surface area contributed by atoms with Gasteiger partial charge in [-0.2, -0.15) is 4.99 Å². The second-order valence-corrected chi connectivity index (χ2v) is 7.16. The number of amidine groups is 1. The highest BCUT2D eigenvalue weighted by atomic mass is 16.5. The molecule has 0 radical (unpaired) electrons. The molecule has 158 valence electrons. The van der Waals surface area contributed by atoms with E-state index >= 15 is 0 Å². The number of hydrogen-bond donors (Lipinski definition) is 2. The van der Waals surface area contributed by atoms with Crippen LogP contribution in [-0.2, 0) is 19.1 Å². The zero-order valence-electron chi connectivity index (χ0n) is 17.0. The average Bonchev–Trinajstić information content (AvgIpc) is 3.14. The van der Waals surface area contributed by atoms with E-state index in [1.54, 1.807) is 12.1 Å². The molecule has 4 rings (SSSR count). The van der Waals surface area contributed by atoms with Crippen LogP contribution >= 0.6 is 0 Å². The number of rotatable bonds is 4. The lowest BCUT2D eigenvalue weighted by Crippen LogP contribution is -2.42. The van der Waals surface area contributed by atoms with Crippen molar-refractivity contribution in [1.82, 2.24) is 5.32 Å². The van der Waals surface area contributed by atoms with Crippen molar-refractivity contribution >= 4 is 17.9 Å². The topological polar surface area (TPSA) is 103 Å². The van der Waals surface area contributed by atoms with Gasteiger partial charge in [-0.1, -0.05) is 67.1 Å². The molecule has 1 fully saturated rings. The zero-order chi connectivity index (χ0) is 21.3. The Hall–Kier alpha value is -3.19. The summed E-state index contributed by atoms with van der Waals surface area (Å²) in [4.78, 5) is 26.6. The van der Waals surface area contributed by atoms with Crippen LogP contribution in [0.25, 0.3) is 0 Å². The molecule has 1 amide bonds. The molecule has 1 saturated heterocycles. The highest BCUT2D eigenvalue weighted by Crippen LogP contribution is 2.26. The molecule has 3 unspecified atom stereocenters. The molecule has 3 N–H and O–H groups in total. The minimum Gasteiger partial charge on any atom is -0.469 e. The molecule has 3 atom stereocenters. The largest absolute Gasteiger partial charge is 0.469 e. The average molecular weight is 409 g/mol. The molecule has 2 aliphatic rings. The predicted octanol–water partition coefficient (Wildman–Crippen LogP) is 2.68. The number of methoxy groups -OCH3 is 1. The summed E-state index contributed by atoms with van der Waals surface area (Å²) in [6, 6.07) is 19.2. The number of benzene rings is 2. The number of carbonyl (C=O) groups is 2. The Balaban J connectivity index is 0.000000177. The number of ether oxygens (including phenoxy) is 2. The van der Waals surface area contributed by atoms with Gasteiger partial charge in [0, 0.05) is 11.6 Å². The molecular weight excluding hydrogens is 382 g/mol. The molecule has 0 aliphatic carbocycles. The van der Waals surface area contributed by atoms with Gasteiger partial charge in [-0.15, -0.1) is 0 Å². The number of esters is 1. The van der Waals surface area contributed by atoms with E-state index in [0.29, 0.717) is 0 Å². The van der Waals surface area contributed by atoms with Gasteiger partial charge >= 0.3 is 5.97 Å². The van der Waals surface area contributed by atoms with Crippen molar-refractivity contribution in [3.63, 3.8) is 0 Å². The number of nitrogens with zero attached hydrogens (tertiary/aromatic N) is 1. The highest BCUT2D eigenvalue weighted by Gasteiger charge is 2.31. The number of nitrogens with one attached hydrogen (secondary N) is 1. The first kappa shape index (κ1) is 21.5. The number of piperidine rings is 1. The fraction of sp³-hybridized carbons (Fsp3) is 0.348. The Morgan fingerprint density at radius 2 is 1.80 bits per heavy atom. The summed E-state index contributed by atoms with van der Waals surface area (Å²) in [5.74, 6) is -0.666. The molecule has 7 heteroatoms. The number of aliphatic imine (C=N–C) groups is 1. The summed E-state index contributed by atoms with van der Waals surface area (Å²) < 4.78 is 9.98. The smallest absolute Gasteiger partial charge is 0.314 e. The van der Waals surface area contributed by atoms with Gasteiger partial charge < -0.3 is 20.5 Å². The lowest BCUT2D eigenvalue weighted by atomic mass is 9.86. The van der Waals surface area contributed by atoms with E-state index in [1.807, 2.05) is 48.5 Å². The second-order valence-electron chi connectivity index (χ2n) is 7.16. The van der Waals surface area contributed by atoms with Crippen molar-refractivity contribution in [2.24, 2.45) is 10.7 Å². The number of nitrogens with two attached hydrogens (primary N) is 1. The molecule has 2 aliphatic heterocycles. The highest BCUT2D eigenvalue weighted by molar-refractivity contribution is 5.98. The summed E-state index contributed by atoms with van der Waals surface area (Å²) in [5.41, 5.74) is 7.08. The number of hydrogen-bond acceptors (Lipinski definition) is 6. The van der Waals surface area contributed by atoms with Crippen molar-refractivity contribution in [3.8, 4) is 0 Å². The fourth-order valence-corrected chi connectivity index (χ4v) is 3.69. The normalized spacial score (nSPS) is 21.5. The summed E-state index contributed by atoms with van der Waals surface area (Å²) in [6.45, 7) is 0.991. The van der Waals surface area contributed by atoms with Crippen LogP contribution in [-0.4, -0.2) is 37.6 Å². The van der Waals surface area contributed by atoms with Gasteiger partial charge in [-0.05, 0) is 24.9 Å². The molecule has 2 aromatic carbocycles. The van der Waals surface area contributed by atoms with Crippen molar-refractivity contribution in [3.05, 3.63) is 71.8 Å². The van der Waals surface area contributed by atoms with Crippen LogP contribution in [0.1, 0.15) is 42.4 Å². The quantitative estimate of drug-likeness (QED) is 0.753. The lowest BCUT2D eigenvalue weighted by molar-refractivity contribution is -0.143. The Morgan fingerprint density at radius 3 is 2.33 bits per heavy atom. The first-order valence-electron chi connectivity index (χ1n) is 10.1. The molecule has 2 aromatic rings. The molecule has 30 heavy (non-hydrogen) atoms. The first-order chi connectivity index (χ1) is 14.6. The van der Waals surface area contributed by atoms with Crippen molar-refractivity contribution in [2.45, 2.75) is 37.3 Å². The van der Waals surface area contributed by atoms with Gasteiger partial charge in [-0.25, -0.2) is 0 Å². The van der Waals surface area contributed by atoms with Gasteiger partial charge in [0.15, 0.2) is 0 Å². The van der Waals surface area contributed by atoms with E-state index in [4.69, 9.17) is 15.2 Å². The molecule has 0 saturated carbocycles. The van der Waals surface area contributed by atoms with Crippen LogP contribution in [0.2, 0.25) is 0 Å². The van der Waals surface area contributed by atoms with Gasteiger partial charge in [0.25, 0.3) is 11.9 Å². The SMILES string of the molecule is COC(=O)C(c1ccccc1)C1CCCCN1.NC1=NC(=O)C(c2ccccc2)O1. The number of carbonyl (C=O) groups excluding carboxylic acids is 2. The Kier molecular flexibility index (Phi) is 7.57. The zero-order valence-corrected chi connectivity index (χ0v) is 17.0. The first-order valence-corrected chi connectivity index (χ1v) is 10.1. The number of amides is 1. The van der Waals surface area contributed by atoms with Crippen molar-refractivity contribution in [2.75, 3.05) is 13.7 Å². The lowest BCUT2D eigenvalue weighted by Gasteiger charge is -2.29. The van der Waals surface area contributed by atoms with E-state index in [-0.39, 0.29) is 29.9 Å². The van der Waals surface area contributed by atoms with Crippen LogP contribution in [0, 0.1) is 0 Å². The van der Waals surface area contributed by atoms with Gasteiger partial charge in [0.2, 0.25) is 6.10 Å². The van der Waals surface area contributed by atoms with Crippen LogP contribution in [0.4, 0.5) is 0 Å². The second kappa shape index (κ2) is 10.5. The molecule has 2 heterocycles. The summed E-state index contributed by atoms with van der Waals surface area (Å²) >= 11 is 0. The Bertz CT molecular complexity index is 865.